The number of ether oxygens (including phenoxy) is 1. The second-order valence-corrected chi connectivity index (χ2v) is 6.25. The van der Waals surface area contributed by atoms with E-state index in [1.807, 2.05) is 31.2 Å². The molecule has 0 bridgehead atoms. The fourth-order valence-electron chi connectivity index (χ4n) is 3.17. The smallest absolute Gasteiger partial charge is 0.336 e. The van der Waals surface area contributed by atoms with Crippen LogP contribution in [0.4, 0.5) is 0 Å². The van der Waals surface area contributed by atoms with E-state index in [1.54, 1.807) is 31.2 Å². The Hall–Kier alpha value is -3.34. The number of fused-ring (bicyclic) bond motifs is 2. The minimum Gasteiger partial charge on any atom is -0.482 e. The lowest BCUT2D eigenvalue weighted by molar-refractivity contribution is 0.0819. The van der Waals surface area contributed by atoms with E-state index in [4.69, 9.17) is 9.15 Å². The van der Waals surface area contributed by atoms with Crippen molar-refractivity contribution in [2.75, 3.05) is 0 Å². The van der Waals surface area contributed by atoms with Crippen molar-refractivity contribution in [3.05, 3.63) is 76.3 Å². The van der Waals surface area contributed by atoms with Crippen LogP contribution in [0.1, 0.15) is 23.0 Å². The standard InChI is InChI=1S/C21H17NO4/c1-12-20(16-5-3-4-6-17(16)22-12)21(24)13(2)25-15-9-7-14-8-10-19(23)26-18(14)11-15/h3-11,13,22H,1-2H3/t13-/m0/s1. The highest BCUT2D eigenvalue weighted by Gasteiger charge is 2.23. The second-order valence-electron chi connectivity index (χ2n) is 6.25. The molecule has 0 unspecified atom stereocenters. The molecule has 0 aliphatic carbocycles. The van der Waals surface area contributed by atoms with E-state index in [9.17, 15) is 9.59 Å². The number of H-pyrrole nitrogens is 1. The highest BCUT2D eigenvalue weighted by molar-refractivity contribution is 6.11. The summed E-state index contributed by atoms with van der Waals surface area (Å²) in [6, 6.07) is 15.9. The van der Waals surface area contributed by atoms with Crippen LogP contribution in [0.15, 0.2) is 63.8 Å². The number of hydrogen-bond acceptors (Lipinski definition) is 4. The number of carbonyl (C=O) groups is 1. The molecule has 0 saturated heterocycles. The Kier molecular flexibility index (Phi) is 3.84. The molecule has 2 aromatic heterocycles. The van der Waals surface area contributed by atoms with Gasteiger partial charge >= 0.3 is 5.63 Å². The van der Waals surface area contributed by atoms with Gasteiger partial charge in [0.05, 0.1) is 0 Å². The predicted molar refractivity (Wildman–Crippen MR) is 99.9 cm³/mol. The number of nitrogens with one attached hydrogen (secondary N) is 1. The van der Waals surface area contributed by atoms with Crippen LogP contribution in [0.25, 0.3) is 21.9 Å². The van der Waals surface area contributed by atoms with Gasteiger partial charge in [-0.25, -0.2) is 4.79 Å². The van der Waals surface area contributed by atoms with Crippen LogP contribution in [0.3, 0.4) is 0 Å². The van der Waals surface area contributed by atoms with Crippen molar-refractivity contribution >= 4 is 27.7 Å². The largest absolute Gasteiger partial charge is 0.482 e. The van der Waals surface area contributed by atoms with Gasteiger partial charge in [0, 0.05) is 39.7 Å². The van der Waals surface area contributed by atoms with Crippen LogP contribution in [0.2, 0.25) is 0 Å². The number of aryl methyl sites for hydroxylation is 1. The number of aromatic amines is 1. The molecule has 0 amide bonds. The Morgan fingerprint density at radius 3 is 2.73 bits per heavy atom. The van der Waals surface area contributed by atoms with Crippen LogP contribution < -0.4 is 10.4 Å². The fraction of sp³-hybridized carbons (Fsp3) is 0.143. The molecule has 130 valence electrons. The van der Waals surface area contributed by atoms with E-state index in [0.29, 0.717) is 16.9 Å². The van der Waals surface area contributed by atoms with Gasteiger partial charge in [-0.3, -0.25) is 4.79 Å². The molecule has 4 rings (SSSR count). The van der Waals surface area contributed by atoms with Gasteiger partial charge in [0.2, 0.25) is 5.78 Å². The number of hydrogen-bond donors (Lipinski definition) is 1. The number of aromatic nitrogens is 1. The zero-order chi connectivity index (χ0) is 18.3. The monoisotopic (exact) mass is 347 g/mol. The summed E-state index contributed by atoms with van der Waals surface area (Å²) in [4.78, 5) is 27.6. The average Bonchev–Trinajstić information content (AvgIpc) is 2.96. The Balaban J connectivity index is 1.65. The third-order valence-corrected chi connectivity index (χ3v) is 4.42. The SMILES string of the molecule is Cc1[nH]c2ccccc2c1C(=O)[C@H](C)Oc1ccc2ccc(=O)oc2c1. The van der Waals surface area contributed by atoms with Crippen LogP contribution in [0.5, 0.6) is 5.75 Å². The van der Waals surface area contributed by atoms with Gasteiger partial charge in [-0.1, -0.05) is 18.2 Å². The lowest BCUT2D eigenvalue weighted by Gasteiger charge is -2.14. The van der Waals surface area contributed by atoms with Gasteiger partial charge in [-0.05, 0) is 38.1 Å². The molecule has 26 heavy (non-hydrogen) atoms. The van der Waals surface area contributed by atoms with Crippen molar-refractivity contribution in [2.24, 2.45) is 0 Å². The van der Waals surface area contributed by atoms with Gasteiger partial charge < -0.3 is 14.1 Å². The van der Waals surface area contributed by atoms with E-state index in [-0.39, 0.29) is 5.78 Å². The van der Waals surface area contributed by atoms with Gasteiger partial charge in [-0.2, -0.15) is 0 Å². The molecule has 2 aromatic carbocycles. The normalized spacial score (nSPS) is 12.4. The lowest BCUT2D eigenvalue weighted by atomic mass is 10.0. The van der Waals surface area contributed by atoms with Crippen molar-refractivity contribution in [1.82, 2.24) is 4.98 Å². The third kappa shape index (κ3) is 2.77. The Labute approximate surface area is 149 Å². The molecule has 1 N–H and O–H groups in total. The molecule has 0 fully saturated rings. The summed E-state index contributed by atoms with van der Waals surface area (Å²) in [5.41, 5.74) is 2.38. The zero-order valence-electron chi connectivity index (χ0n) is 14.4. The molecule has 1 atom stereocenters. The molecule has 5 heteroatoms. The van der Waals surface area contributed by atoms with Crippen molar-refractivity contribution < 1.29 is 13.9 Å². The molecule has 5 nitrogen and oxygen atoms in total. The minimum absolute atomic E-state index is 0.102. The lowest BCUT2D eigenvalue weighted by Crippen LogP contribution is -2.24. The van der Waals surface area contributed by atoms with Gasteiger partial charge in [0.25, 0.3) is 0 Å². The zero-order valence-corrected chi connectivity index (χ0v) is 14.4. The van der Waals surface area contributed by atoms with Crippen molar-refractivity contribution in [1.29, 1.82) is 0 Å². The number of benzene rings is 2. The van der Waals surface area contributed by atoms with Crippen LogP contribution in [0, 0.1) is 6.92 Å². The average molecular weight is 347 g/mol. The van der Waals surface area contributed by atoms with Crippen LogP contribution in [-0.2, 0) is 0 Å². The van der Waals surface area contributed by atoms with E-state index >= 15 is 0 Å². The molecule has 0 saturated carbocycles. The van der Waals surface area contributed by atoms with Crippen LogP contribution in [-0.4, -0.2) is 16.9 Å². The van der Waals surface area contributed by atoms with Gasteiger partial charge in [-0.15, -0.1) is 0 Å². The van der Waals surface area contributed by atoms with Crippen LogP contribution >= 0.6 is 0 Å². The number of rotatable bonds is 4. The molecule has 4 aromatic rings. The quantitative estimate of drug-likeness (QED) is 0.443. The summed E-state index contributed by atoms with van der Waals surface area (Å²) in [7, 11) is 0. The highest BCUT2D eigenvalue weighted by Crippen LogP contribution is 2.25. The summed E-state index contributed by atoms with van der Waals surface area (Å²) in [6.07, 6.45) is -0.680. The predicted octanol–water partition coefficient (Wildman–Crippen LogP) is 4.23. The molecule has 0 spiro atoms. The van der Waals surface area contributed by atoms with Gasteiger partial charge in [0.15, 0.2) is 6.10 Å². The molecule has 0 radical (unpaired) electrons. The van der Waals surface area contributed by atoms with E-state index in [2.05, 4.69) is 4.98 Å². The molecule has 0 aliphatic rings. The molecular formula is C21H17NO4. The summed E-state index contributed by atoms with van der Waals surface area (Å²) in [5, 5.41) is 1.68. The van der Waals surface area contributed by atoms with Crippen molar-refractivity contribution in [2.45, 2.75) is 20.0 Å². The first-order valence-corrected chi connectivity index (χ1v) is 8.35. The Morgan fingerprint density at radius 2 is 1.88 bits per heavy atom. The first-order valence-electron chi connectivity index (χ1n) is 8.35. The Morgan fingerprint density at radius 1 is 1.12 bits per heavy atom. The number of ketones is 1. The number of carbonyl (C=O) groups excluding carboxylic acids is 1. The summed E-state index contributed by atoms with van der Waals surface area (Å²) < 4.78 is 11.0. The summed E-state index contributed by atoms with van der Waals surface area (Å²) >= 11 is 0. The summed E-state index contributed by atoms with van der Waals surface area (Å²) in [5.74, 6) is 0.375. The van der Waals surface area contributed by atoms with E-state index in [0.717, 1.165) is 22.0 Å². The van der Waals surface area contributed by atoms with Crippen molar-refractivity contribution in [3.8, 4) is 5.75 Å². The maximum absolute atomic E-state index is 12.9. The number of Topliss-reactive ketones (excluding diaryl/α,β-unsaturated/α-hetero) is 1. The van der Waals surface area contributed by atoms with E-state index in [1.165, 1.54) is 6.07 Å². The first-order chi connectivity index (χ1) is 12.5. The fourth-order valence-corrected chi connectivity index (χ4v) is 3.17. The molecule has 0 aliphatic heterocycles. The topological polar surface area (TPSA) is 72.3 Å². The first kappa shape index (κ1) is 16.1. The van der Waals surface area contributed by atoms with E-state index < -0.39 is 11.7 Å². The van der Waals surface area contributed by atoms with Crippen molar-refractivity contribution in [3.63, 3.8) is 0 Å². The molecule has 2 heterocycles. The number of para-hydroxylation sites is 1. The highest BCUT2D eigenvalue weighted by atomic mass is 16.5. The second kappa shape index (κ2) is 6.19. The molecular weight excluding hydrogens is 330 g/mol. The Bertz CT molecular complexity index is 1190. The summed E-state index contributed by atoms with van der Waals surface area (Å²) in [6.45, 7) is 3.60. The van der Waals surface area contributed by atoms with Gasteiger partial charge in [0.1, 0.15) is 11.3 Å². The minimum atomic E-state index is -0.680. The maximum Gasteiger partial charge on any atom is 0.336 e. The maximum atomic E-state index is 12.9. The third-order valence-electron chi connectivity index (χ3n) is 4.42.